The fourth-order valence-electron chi connectivity index (χ4n) is 3.80. The summed E-state index contributed by atoms with van der Waals surface area (Å²) in [6.07, 6.45) is 1.77. The van der Waals surface area contributed by atoms with Crippen LogP contribution in [0.1, 0.15) is 100 Å². The third-order valence-electron chi connectivity index (χ3n) is 5.34. The highest BCUT2D eigenvalue weighted by molar-refractivity contribution is 5.97. The monoisotopic (exact) mass is 410 g/mol. The molecule has 2 nitrogen and oxygen atoms in total. The number of carbonyl (C=O) groups excluding carboxylic acids is 1. The molecule has 0 spiro atoms. The maximum atomic E-state index is 12.1. The summed E-state index contributed by atoms with van der Waals surface area (Å²) >= 11 is 0. The molecule has 2 rings (SSSR count). The predicted molar refractivity (Wildman–Crippen MR) is 130 cm³/mol. The molecule has 166 valence electrons. The van der Waals surface area contributed by atoms with Crippen molar-refractivity contribution in [2.45, 2.75) is 92.9 Å². The summed E-state index contributed by atoms with van der Waals surface area (Å²) < 4.78 is 5.64. The van der Waals surface area contributed by atoms with E-state index in [1.807, 2.05) is 26.8 Å². The van der Waals surface area contributed by atoms with Gasteiger partial charge in [0.2, 0.25) is 0 Å². The Kier molecular flexibility index (Phi) is 8.90. The van der Waals surface area contributed by atoms with Crippen molar-refractivity contribution in [1.29, 1.82) is 0 Å². The molecule has 2 aromatic carbocycles. The van der Waals surface area contributed by atoms with Gasteiger partial charge in [0, 0.05) is 0 Å². The molecule has 0 saturated heterocycles. The summed E-state index contributed by atoms with van der Waals surface area (Å²) in [7, 11) is 1.65. The van der Waals surface area contributed by atoms with Crippen molar-refractivity contribution in [3.63, 3.8) is 0 Å². The fraction of sp³-hybridized carbons (Fsp3) is 0.536. The van der Waals surface area contributed by atoms with Crippen LogP contribution in [0.15, 0.2) is 30.3 Å². The van der Waals surface area contributed by atoms with Crippen molar-refractivity contribution in [2.24, 2.45) is 0 Å². The number of ketones is 1. The number of rotatable bonds is 5. The van der Waals surface area contributed by atoms with Gasteiger partial charge >= 0.3 is 0 Å². The second-order valence-electron chi connectivity index (χ2n) is 9.93. The lowest BCUT2D eigenvalue weighted by Gasteiger charge is -2.27. The molecule has 0 amide bonds. The van der Waals surface area contributed by atoms with Gasteiger partial charge in [0.1, 0.15) is 5.75 Å². The molecule has 0 aliphatic carbocycles. The molecule has 0 atom stereocenters. The van der Waals surface area contributed by atoms with E-state index in [1.54, 1.807) is 14.0 Å². The highest BCUT2D eigenvalue weighted by Crippen LogP contribution is 2.33. The number of hydrogen-bond donors (Lipinski definition) is 0. The minimum Gasteiger partial charge on any atom is -0.496 e. The molecule has 0 aliphatic heterocycles. The van der Waals surface area contributed by atoms with E-state index in [0.29, 0.717) is 5.56 Å². The first-order valence-corrected chi connectivity index (χ1v) is 11.2. The molecule has 0 saturated carbocycles. The van der Waals surface area contributed by atoms with Crippen molar-refractivity contribution >= 4 is 5.78 Å². The Morgan fingerprint density at radius 3 is 1.90 bits per heavy atom. The molecular weight excluding hydrogens is 368 g/mol. The fourth-order valence-corrected chi connectivity index (χ4v) is 3.80. The van der Waals surface area contributed by atoms with Crippen molar-refractivity contribution in [3.05, 3.63) is 63.7 Å². The average molecular weight is 411 g/mol. The minimum atomic E-state index is 0.0481. The number of ether oxygens (including phenoxy) is 1. The standard InChI is InChI=1S/C26H36O2.C2H6/c1-17-14-20(24(28-9)22(15-17)18(2)27)11-10-19-16-21(25(3,4)5)12-13-23(19)26(6,7)8;1-2/h12-16H,10-11H2,1-9H3;1-2H3. The van der Waals surface area contributed by atoms with Crippen molar-refractivity contribution in [3.8, 4) is 5.75 Å². The van der Waals surface area contributed by atoms with Crippen molar-refractivity contribution in [1.82, 2.24) is 0 Å². The largest absolute Gasteiger partial charge is 0.496 e. The van der Waals surface area contributed by atoms with Gasteiger partial charge < -0.3 is 4.74 Å². The van der Waals surface area contributed by atoms with Crippen molar-refractivity contribution < 1.29 is 9.53 Å². The summed E-state index contributed by atoms with van der Waals surface area (Å²) in [4.78, 5) is 12.1. The summed E-state index contributed by atoms with van der Waals surface area (Å²) in [5.41, 5.74) is 7.22. The van der Waals surface area contributed by atoms with Gasteiger partial charge in [0.15, 0.2) is 5.78 Å². The molecule has 0 fully saturated rings. The van der Waals surface area contributed by atoms with Crippen molar-refractivity contribution in [2.75, 3.05) is 7.11 Å². The zero-order valence-electron chi connectivity index (χ0n) is 21.1. The van der Waals surface area contributed by atoms with Crippen LogP contribution >= 0.6 is 0 Å². The normalized spacial score (nSPS) is 11.6. The first-order chi connectivity index (χ1) is 13.8. The molecule has 0 N–H and O–H groups in total. The third kappa shape index (κ3) is 6.45. The smallest absolute Gasteiger partial charge is 0.163 e. The lowest BCUT2D eigenvalue weighted by atomic mass is 9.78. The highest BCUT2D eigenvalue weighted by Gasteiger charge is 2.22. The number of aryl methyl sites for hydroxylation is 3. The maximum absolute atomic E-state index is 12.1. The number of hydrogen-bond acceptors (Lipinski definition) is 2. The maximum Gasteiger partial charge on any atom is 0.163 e. The molecule has 0 radical (unpaired) electrons. The summed E-state index contributed by atoms with van der Waals surface area (Å²) in [5.74, 6) is 0.772. The van der Waals surface area contributed by atoms with Crippen LogP contribution in [0.2, 0.25) is 0 Å². The van der Waals surface area contributed by atoms with Gasteiger partial charge in [-0.15, -0.1) is 0 Å². The number of Topliss-reactive ketones (excluding diaryl/α,β-unsaturated/α-hetero) is 1. The Hall–Kier alpha value is -2.09. The van der Waals surface area contributed by atoms with E-state index in [9.17, 15) is 4.79 Å². The van der Waals surface area contributed by atoms with Crippen LogP contribution in [0.3, 0.4) is 0 Å². The molecule has 2 heteroatoms. The van der Waals surface area contributed by atoms with E-state index in [-0.39, 0.29) is 16.6 Å². The van der Waals surface area contributed by atoms with Gasteiger partial charge in [0.05, 0.1) is 12.7 Å². The molecule has 0 bridgehead atoms. The number of carbonyl (C=O) groups is 1. The highest BCUT2D eigenvalue weighted by atomic mass is 16.5. The molecule has 30 heavy (non-hydrogen) atoms. The quantitative estimate of drug-likeness (QED) is 0.474. The van der Waals surface area contributed by atoms with E-state index in [2.05, 4.69) is 65.8 Å². The summed E-state index contributed by atoms with van der Waals surface area (Å²) in [6, 6.07) is 11.0. The van der Waals surface area contributed by atoms with Gasteiger partial charge in [-0.1, -0.05) is 79.7 Å². The van der Waals surface area contributed by atoms with Gasteiger partial charge in [-0.3, -0.25) is 4.79 Å². The van der Waals surface area contributed by atoms with E-state index < -0.39 is 0 Å². The molecule has 0 aromatic heterocycles. The Bertz CT molecular complexity index is 861. The third-order valence-corrected chi connectivity index (χ3v) is 5.34. The second-order valence-corrected chi connectivity index (χ2v) is 9.93. The average Bonchev–Trinajstić information content (AvgIpc) is 2.65. The summed E-state index contributed by atoms with van der Waals surface area (Å²) in [5, 5.41) is 0. The Morgan fingerprint density at radius 2 is 1.43 bits per heavy atom. The van der Waals surface area contributed by atoms with E-state index in [0.717, 1.165) is 29.7 Å². The zero-order valence-corrected chi connectivity index (χ0v) is 21.1. The van der Waals surface area contributed by atoms with Gasteiger partial charge in [0.25, 0.3) is 0 Å². The molecule has 2 aromatic rings. The Morgan fingerprint density at radius 1 is 0.867 bits per heavy atom. The first-order valence-electron chi connectivity index (χ1n) is 11.2. The summed E-state index contributed by atoms with van der Waals surface area (Å²) in [6.45, 7) is 21.2. The molecular formula is C28H42O2. The Balaban J connectivity index is 0.00000218. The lowest BCUT2D eigenvalue weighted by Crippen LogP contribution is -2.18. The predicted octanol–water partition coefficient (Wildman–Crippen LogP) is 7.61. The molecule has 0 aliphatic rings. The van der Waals surface area contributed by atoms with Crippen LogP contribution in [-0.2, 0) is 23.7 Å². The van der Waals surface area contributed by atoms with Gasteiger partial charge in [-0.25, -0.2) is 0 Å². The van der Waals surface area contributed by atoms with Gasteiger partial charge in [-0.2, -0.15) is 0 Å². The molecule has 0 unspecified atom stereocenters. The lowest BCUT2D eigenvalue weighted by molar-refractivity contribution is 0.101. The van der Waals surface area contributed by atoms with Gasteiger partial charge in [-0.05, 0) is 71.4 Å². The van der Waals surface area contributed by atoms with Crippen LogP contribution in [0.25, 0.3) is 0 Å². The minimum absolute atomic E-state index is 0.0481. The second kappa shape index (κ2) is 10.3. The number of methoxy groups -OCH3 is 1. The van der Waals surface area contributed by atoms with Crippen LogP contribution < -0.4 is 4.74 Å². The first kappa shape index (κ1) is 25.9. The van der Waals surface area contributed by atoms with Crippen LogP contribution in [0, 0.1) is 6.92 Å². The molecule has 0 heterocycles. The van der Waals surface area contributed by atoms with E-state index in [1.165, 1.54) is 16.7 Å². The topological polar surface area (TPSA) is 26.3 Å². The van der Waals surface area contributed by atoms with Crippen LogP contribution in [-0.4, -0.2) is 12.9 Å². The SMILES string of the molecule is CC.COc1c(CCc2cc(C(C)(C)C)ccc2C(C)(C)C)cc(C)cc1C(C)=O. The Labute approximate surface area is 185 Å². The zero-order chi connectivity index (χ0) is 23.3. The van der Waals surface area contributed by atoms with Crippen LogP contribution in [0.5, 0.6) is 5.75 Å². The number of benzene rings is 2. The van der Waals surface area contributed by atoms with E-state index >= 15 is 0 Å². The van der Waals surface area contributed by atoms with Crippen LogP contribution in [0.4, 0.5) is 0 Å². The van der Waals surface area contributed by atoms with E-state index in [4.69, 9.17) is 4.74 Å².